The van der Waals surface area contributed by atoms with Crippen LogP contribution in [0.4, 0.5) is 13.2 Å². The van der Waals surface area contributed by atoms with Crippen LogP contribution in [0, 0.1) is 0 Å². The van der Waals surface area contributed by atoms with Crippen LogP contribution in [0.15, 0.2) is 35.2 Å². The zero-order valence-electron chi connectivity index (χ0n) is 8.99. The van der Waals surface area contributed by atoms with Gasteiger partial charge in [-0.3, -0.25) is 0 Å². The number of alkyl halides is 3. The molecule has 0 aliphatic rings. The molecule has 1 unspecified atom stereocenters. The van der Waals surface area contributed by atoms with Gasteiger partial charge in [-0.05, 0) is 19.1 Å². The third-order valence-electron chi connectivity index (χ3n) is 2.26. The van der Waals surface area contributed by atoms with Gasteiger partial charge in [0.05, 0.1) is 0 Å². The molecule has 1 aromatic carbocycles. The van der Waals surface area contributed by atoms with Gasteiger partial charge in [-0.25, -0.2) is 0 Å². The molecule has 0 saturated carbocycles. The van der Waals surface area contributed by atoms with Crippen molar-refractivity contribution in [1.29, 1.82) is 0 Å². The van der Waals surface area contributed by atoms with Crippen LogP contribution in [0.1, 0.15) is 6.92 Å². The number of benzene rings is 1. The molecule has 0 aliphatic carbocycles. The Morgan fingerprint density at radius 3 is 2.12 bits per heavy atom. The third kappa shape index (κ3) is 2.12. The van der Waals surface area contributed by atoms with E-state index in [0.717, 1.165) is 4.31 Å². The summed E-state index contributed by atoms with van der Waals surface area (Å²) in [7, 11) is -2.97. The second-order valence-corrected chi connectivity index (χ2v) is 5.84. The second kappa shape index (κ2) is 4.55. The van der Waals surface area contributed by atoms with Crippen molar-refractivity contribution in [2.24, 2.45) is 0 Å². The number of hydrogen-bond donors (Lipinski definition) is 0. The Bertz CT molecular complexity index is 391. The lowest BCUT2D eigenvalue weighted by atomic mass is 10.4. The van der Waals surface area contributed by atoms with Gasteiger partial charge in [0.2, 0.25) is 0 Å². The summed E-state index contributed by atoms with van der Waals surface area (Å²) >= 11 is 0. The van der Waals surface area contributed by atoms with Crippen LogP contribution in [-0.4, -0.2) is 23.4 Å². The first kappa shape index (κ1) is 13.2. The lowest BCUT2D eigenvalue weighted by Crippen LogP contribution is -2.44. The van der Waals surface area contributed by atoms with Gasteiger partial charge in [-0.2, -0.15) is 0 Å². The Morgan fingerprint density at radius 2 is 1.75 bits per heavy atom. The molecule has 0 aliphatic heterocycles. The van der Waals surface area contributed by atoms with Crippen molar-refractivity contribution in [2.45, 2.75) is 17.3 Å². The summed E-state index contributed by atoms with van der Waals surface area (Å²) in [6.07, 6.45) is 0. The molecule has 16 heavy (non-hydrogen) atoms. The maximum Gasteiger partial charge on any atom is 0.601 e. The first-order valence-corrected chi connectivity index (χ1v) is 6.22. The molecule has 1 atom stereocenters. The summed E-state index contributed by atoms with van der Waals surface area (Å²) in [6, 6.07) is 6.96. The Hall–Kier alpha value is -0.880. The highest BCUT2D eigenvalue weighted by Gasteiger charge is 2.63. The van der Waals surface area contributed by atoms with Gasteiger partial charge in [-0.1, -0.05) is 22.4 Å². The molecule has 90 valence electrons. The Balaban J connectivity index is 3.33. The first-order chi connectivity index (χ1) is 7.34. The molecule has 0 heterocycles. The normalized spacial score (nSPS) is 16.1. The molecule has 0 aromatic heterocycles. The fourth-order valence-corrected chi connectivity index (χ4v) is 3.15. The van der Waals surface area contributed by atoms with Gasteiger partial charge in [-0.15, -0.1) is 17.5 Å². The van der Waals surface area contributed by atoms with E-state index in [1.54, 1.807) is 6.07 Å². The van der Waals surface area contributed by atoms with Crippen molar-refractivity contribution < 1.29 is 17.4 Å². The minimum Gasteiger partial charge on any atom is -0.121 e. The predicted octanol–water partition coefficient (Wildman–Crippen LogP) is 2.93. The summed E-state index contributed by atoms with van der Waals surface area (Å²) < 4.78 is 51.7. The zero-order chi connectivity index (χ0) is 12.4. The number of nitrogens with zero attached hydrogens (tertiary/aromatic N) is 1. The van der Waals surface area contributed by atoms with Gasteiger partial charge >= 0.3 is 5.51 Å². The minimum atomic E-state index is -4.76. The van der Waals surface area contributed by atoms with Gasteiger partial charge in [0, 0.05) is 13.6 Å². The van der Waals surface area contributed by atoms with Gasteiger partial charge in [0.25, 0.3) is 10.1 Å². The van der Waals surface area contributed by atoms with Gasteiger partial charge < -0.3 is 0 Å². The van der Waals surface area contributed by atoms with Gasteiger partial charge in [0.15, 0.2) is 4.90 Å². The van der Waals surface area contributed by atoms with E-state index in [2.05, 4.69) is 0 Å². The van der Waals surface area contributed by atoms with E-state index in [1.807, 2.05) is 0 Å². The highest BCUT2D eigenvalue weighted by molar-refractivity contribution is 8.01. The van der Waals surface area contributed by atoms with E-state index in [-0.39, 0.29) is 11.4 Å². The summed E-state index contributed by atoms with van der Waals surface area (Å²) in [4.78, 5) is -0.202. The first-order valence-electron chi connectivity index (χ1n) is 4.71. The molecule has 0 radical (unpaired) electrons. The monoisotopic (exact) mass is 252 g/mol. The fraction of sp³-hybridized carbons (Fsp3) is 0.400. The van der Waals surface area contributed by atoms with Crippen LogP contribution in [-0.2, 0) is 14.3 Å². The summed E-state index contributed by atoms with van der Waals surface area (Å²) in [6.45, 7) is 1.60. The van der Waals surface area contributed by atoms with Crippen molar-refractivity contribution >= 4 is 10.1 Å². The SMILES string of the molecule is CCN(C)[S+](=O)(c1ccccc1)C(F)(F)F. The second-order valence-electron chi connectivity index (χ2n) is 3.23. The van der Waals surface area contributed by atoms with Crippen LogP contribution in [0.5, 0.6) is 0 Å². The van der Waals surface area contributed by atoms with E-state index < -0.39 is 15.6 Å². The van der Waals surface area contributed by atoms with E-state index in [1.165, 1.54) is 38.2 Å². The van der Waals surface area contributed by atoms with Crippen molar-refractivity contribution in [1.82, 2.24) is 4.31 Å². The van der Waals surface area contributed by atoms with Crippen LogP contribution in [0.2, 0.25) is 0 Å². The molecule has 1 rings (SSSR count). The molecule has 0 fully saturated rings. The molecule has 0 bridgehead atoms. The minimum absolute atomic E-state index is 0.0627. The Kier molecular flexibility index (Phi) is 3.75. The maximum atomic E-state index is 12.9. The smallest absolute Gasteiger partial charge is 0.121 e. The number of rotatable bonds is 3. The third-order valence-corrected chi connectivity index (χ3v) is 4.94. The van der Waals surface area contributed by atoms with Gasteiger partial charge in [0.1, 0.15) is 0 Å². The van der Waals surface area contributed by atoms with Crippen LogP contribution < -0.4 is 0 Å². The van der Waals surface area contributed by atoms with Crippen molar-refractivity contribution in [2.75, 3.05) is 13.6 Å². The highest BCUT2D eigenvalue weighted by atomic mass is 32.3. The van der Waals surface area contributed by atoms with E-state index in [0.29, 0.717) is 0 Å². The summed E-state index contributed by atoms with van der Waals surface area (Å²) in [5.41, 5.74) is -4.76. The average Bonchev–Trinajstić information content (AvgIpc) is 2.26. The zero-order valence-corrected chi connectivity index (χ0v) is 9.81. The van der Waals surface area contributed by atoms with E-state index in [9.17, 15) is 17.4 Å². The molecule has 0 saturated heterocycles. The molecule has 0 N–H and O–H groups in total. The topological polar surface area (TPSA) is 20.3 Å². The summed E-state index contributed by atoms with van der Waals surface area (Å²) in [5, 5.41) is 0. The molecule has 1 aromatic rings. The molecular weight excluding hydrogens is 239 g/mol. The fourth-order valence-electron chi connectivity index (χ4n) is 1.28. The number of halogens is 3. The van der Waals surface area contributed by atoms with Crippen molar-refractivity contribution in [3.8, 4) is 0 Å². The Labute approximate surface area is 93.6 Å². The molecule has 0 spiro atoms. The summed E-state index contributed by atoms with van der Waals surface area (Å²) in [5.74, 6) is 0. The average molecular weight is 252 g/mol. The molecule has 2 nitrogen and oxygen atoms in total. The van der Waals surface area contributed by atoms with Crippen LogP contribution in [0.25, 0.3) is 0 Å². The molecule has 6 heteroatoms. The van der Waals surface area contributed by atoms with E-state index >= 15 is 0 Å². The lowest BCUT2D eigenvalue weighted by molar-refractivity contribution is -0.0470. The maximum absolute atomic E-state index is 12.9. The van der Waals surface area contributed by atoms with Crippen LogP contribution >= 0.6 is 0 Å². The molecular formula is C10H13F3NOS+. The van der Waals surface area contributed by atoms with Crippen molar-refractivity contribution in [3.05, 3.63) is 30.3 Å². The van der Waals surface area contributed by atoms with E-state index in [4.69, 9.17) is 0 Å². The lowest BCUT2D eigenvalue weighted by Gasteiger charge is -2.20. The largest absolute Gasteiger partial charge is 0.601 e. The molecule has 0 amide bonds. The highest BCUT2D eigenvalue weighted by Crippen LogP contribution is 2.39. The number of hydrogen-bond acceptors (Lipinski definition) is 1. The standard InChI is InChI=1S/C10H13F3NOS/c1-3-14(2)16(15,10(11,12)13)9-7-5-4-6-8-9/h4-8H,3H2,1-2H3/q+1. The van der Waals surface area contributed by atoms with Crippen LogP contribution in [0.3, 0.4) is 0 Å². The van der Waals surface area contributed by atoms with Crippen molar-refractivity contribution in [3.63, 3.8) is 0 Å². The quantitative estimate of drug-likeness (QED) is 0.757. The Morgan fingerprint density at radius 1 is 1.25 bits per heavy atom. The predicted molar refractivity (Wildman–Crippen MR) is 57.1 cm³/mol.